The lowest BCUT2D eigenvalue weighted by molar-refractivity contribution is -0.139. The molecule has 1 unspecified atom stereocenters. The van der Waals surface area contributed by atoms with Crippen molar-refractivity contribution in [3.63, 3.8) is 0 Å². The number of H-pyrrole nitrogens is 1. The highest BCUT2D eigenvalue weighted by atomic mass is 32.1. The summed E-state index contributed by atoms with van der Waals surface area (Å²) in [5.41, 5.74) is 1.11. The van der Waals surface area contributed by atoms with Crippen LogP contribution in [0.4, 0.5) is 0 Å². The minimum Gasteiger partial charge on any atom is -0.479 e. The summed E-state index contributed by atoms with van der Waals surface area (Å²) in [4.78, 5) is 42.7. The Morgan fingerprint density at radius 3 is 2.67 bits per heavy atom. The zero-order chi connectivity index (χ0) is 17.3. The van der Waals surface area contributed by atoms with Gasteiger partial charge in [-0.25, -0.2) is 9.78 Å². The molecule has 1 atom stereocenters. The van der Waals surface area contributed by atoms with Crippen LogP contribution in [-0.2, 0) is 4.79 Å². The number of thiophene rings is 1. The van der Waals surface area contributed by atoms with Gasteiger partial charge in [0.2, 0.25) is 0 Å². The van der Waals surface area contributed by atoms with Crippen LogP contribution in [0.2, 0.25) is 0 Å². The normalized spacial score (nSPS) is 12.0. The van der Waals surface area contributed by atoms with Gasteiger partial charge in [-0.1, -0.05) is 29.8 Å². The van der Waals surface area contributed by atoms with Gasteiger partial charge in [0.25, 0.3) is 11.5 Å². The molecule has 1 aromatic carbocycles. The number of carbonyl (C=O) groups is 2. The molecule has 1 amide bonds. The van der Waals surface area contributed by atoms with Crippen LogP contribution >= 0.6 is 11.3 Å². The van der Waals surface area contributed by atoms with Crippen LogP contribution in [-0.4, -0.2) is 27.0 Å². The zero-order valence-electron chi connectivity index (χ0n) is 12.6. The molecule has 0 saturated heterocycles. The van der Waals surface area contributed by atoms with E-state index in [0.29, 0.717) is 10.4 Å². The number of carboxylic acids is 1. The summed E-state index contributed by atoms with van der Waals surface area (Å²) in [6.45, 7) is 1.88. The number of hydrogen-bond donors (Lipinski definition) is 3. The first-order valence-electron chi connectivity index (χ1n) is 7.02. The lowest BCUT2D eigenvalue weighted by Gasteiger charge is -2.15. The quantitative estimate of drug-likeness (QED) is 0.669. The highest BCUT2D eigenvalue weighted by molar-refractivity contribution is 7.17. The zero-order valence-corrected chi connectivity index (χ0v) is 13.4. The highest BCUT2D eigenvalue weighted by Crippen LogP contribution is 2.22. The van der Waals surface area contributed by atoms with Crippen molar-refractivity contribution in [2.24, 2.45) is 0 Å². The molecule has 24 heavy (non-hydrogen) atoms. The van der Waals surface area contributed by atoms with E-state index < -0.39 is 23.5 Å². The number of carbonyl (C=O) groups excluding carboxylic acids is 1. The molecule has 0 aliphatic rings. The second-order valence-electron chi connectivity index (χ2n) is 5.22. The number of amides is 1. The van der Waals surface area contributed by atoms with Gasteiger partial charge in [-0.3, -0.25) is 9.59 Å². The molecule has 0 saturated carbocycles. The van der Waals surface area contributed by atoms with E-state index in [4.69, 9.17) is 0 Å². The predicted octanol–water partition coefficient (Wildman–Crippen LogP) is 1.85. The third kappa shape index (κ3) is 2.91. The van der Waals surface area contributed by atoms with Crippen LogP contribution in [0.15, 0.2) is 40.8 Å². The SMILES string of the molecule is Cc1ccc(C(NC(=O)c2csc3nc[nH]c(=O)c23)C(=O)O)cc1. The van der Waals surface area contributed by atoms with Gasteiger partial charge in [0.1, 0.15) is 4.83 Å². The molecule has 122 valence electrons. The molecule has 7 nitrogen and oxygen atoms in total. The lowest BCUT2D eigenvalue weighted by atomic mass is 10.0. The molecule has 2 aromatic heterocycles. The maximum Gasteiger partial charge on any atom is 0.330 e. The summed E-state index contributed by atoms with van der Waals surface area (Å²) in [6.07, 6.45) is 1.26. The Bertz CT molecular complexity index is 975. The number of fused-ring (bicyclic) bond motifs is 1. The number of carboxylic acid groups (broad SMARTS) is 1. The molecule has 2 heterocycles. The number of aryl methyl sites for hydroxylation is 1. The van der Waals surface area contributed by atoms with Crippen molar-refractivity contribution in [2.45, 2.75) is 13.0 Å². The van der Waals surface area contributed by atoms with Crippen LogP contribution in [0, 0.1) is 6.92 Å². The molecule has 0 aliphatic carbocycles. The number of nitrogens with one attached hydrogen (secondary N) is 2. The van der Waals surface area contributed by atoms with Crippen LogP contribution in [0.3, 0.4) is 0 Å². The Balaban J connectivity index is 1.95. The van der Waals surface area contributed by atoms with Gasteiger partial charge in [0.05, 0.1) is 17.3 Å². The molecule has 3 aromatic rings. The second kappa shape index (κ2) is 6.25. The Hall–Kier alpha value is -3.00. The Labute approximate surface area is 140 Å². The van der Waals surface area contributed by atoms with Crippen molar-refractivity contribution >= 4 is 33.4 Å². The van der Waals surface area contributed by atoms with Crippen molar-refractivity contribution in [1.82, 2.24) is 15.3 Å². The molecule has 0 spiro atoms. The highest BCUT2D eigenvalue weighted by Gasteiger charge is 2.24. The van der Waals surface area contributed by atoms with Crippen LogP contribution in [0.1, 0.15) is 27.5 Å². The van der Waals surface area contributed by atoms with E-state index in [2.05, 4.69) is 15.3 Å². The molecule has 0 aliphatic heterocycles. The minimum atomic E-state index is -1.20. The smallest absolute Gasteiger partial charge is 0.330 e. The summed E-state index contributed by atoms with van der Waals surface area (Å²) in [6, 6.07) is 5.63. The van der Waals surface area contributed by atoms with Crippen LogP contribution in [0.5, 0.6) is 0 Å². The maximum atomic E-state index is 12.5. The van der Waals surface area contributed by atoms with Gasteiger partial charge in [-0.2, -0.15) is 0 Å². The standard InChI is InChI=1S/C16H13N3O4S/c1-8-2-4-9(5-3-8)12(16(22)23)19-13(20)10-6-24-15-11(10)14(21)17-7-18-15/h2-7,12H,1H3,(H,19,20)(H,22,23)(H,17,18,21). The van der Waals surface area contributed by atoms with Gasteiger partial charge in [0, 0.05) is 5.38 Å². The molecule has 0 bridgehead atoms. The number of nitrogens with zero attached hydrogens (tertiary/aromatic N) is 1. The number of hydrogen-bond acceptors (Lipinski definition) is 5. The average Bonchev–Trinajstić information content (AvgIpc) is 2.99. The van der Waals surface area contributed by atoms with E-state index in [0.717, 1.165) is 16.9 Å². The molecule has 8 heteroatoms. The van der Waals surface area contributed by atoms with E-state index in [9.17, 15) is 19.5 Å². The van der Waals surface area contributed by atoms with E-state index in [1.54, 1.807) is 24.3 Å². The lowest BCUT2D eigenvalue weighted by Crippen LogP contribution is -2.34. The van der Waals surface area contributed by atoms with Crippen LogP contribution in [0.25, 0.3) is 10.2 Å². The number of aromatic amines is 1. The largest absolute Gasteiger partial charge is 0.479 e. The minimum absolute atomic E-state index is 0.114. The first-order valence-corrected chi connectivity index (χ1v) is 7.90. The number of benzene rings is 1. The first kappa shape index (κ1) is 15.9. The van der Waals surface area contributed by atoms with Crippen molar-refractivity contribution in [3.05, 3.63) is 63.0 Å². The van der Waals surface area contributed by atoms with Gasteiger partial charge in [-0.05, 0) is 12.5 Å². The third-order valence-electron chi connectivity index (χ3n) is 3.55. The fourth-order valence-electron chi connectivity index (χ4n) is 2.31. The molecular formula is C16H13N3O4S. The molecule has 3 N–H and O–H groups in total. The van der Waals surface area contributed by atoms with Crippen LogP contribution < -0.4 is 10.9 Å². The molecule has 3 rings (SSSR count). The monoisotopic (exact) mass is 343 g/mol. The fraction of sp³-hybridized carbons (Fsp3) is 0.125. The first-order chi connectivity index (χ1) is 11.5. The number of aromatic nitrogens is 2. The predicted molar refractivity (Wildman–Crippen MR) is 89.3 cm³/mol. The Morgan fingerprint density at radius 1 is 1.29 bits per heavy atom. The summed E-state index contributed by atoms with van der Waals surface area (Å²) < 4.78 is 0. The summed E-state index contributed by atoms with van der Waals surface area (Å²) in [7, 11) is 0. The Morgan fingerprint density at radius 2 is 2.00 bits per heavy atom. The summed E-state index contributed by atoms with van der Waals surface area (Å²) in [5.74, 6) is -1.81. The van der Waals surface area contributed by atoms with Crippen molar-refractivity contribution in [2.75, 3.05) is 0 Å². The number of aliphatic carboxylic acids is 1. The van der Waals surface area contributed by atoms with Crippen molar-refractivity contribution in [3.8, 4) is 0 Å². The number of rotatable bonds is 4. The third-order valence-corrected chi connectivity index (χ3v) is 4.44. The van der Waals surface area contributed by atoms with Crippen molar-refractivity contribution in [1.29, 1.82) is 0 Å². The average molecular weight is 343 g/mol. The van der Waals surface area contributed by atoms with E-state index in [-0.39, 0.29) is 10.9 Å². The Kier molecular flexibility index (Phi) is 4.13. The van der Waals surface area contributed by atoms with E-state index in [1.165, 1.54) is 11.7 Å². The topological polar surface area (TPSA) is 112 Å². The summed E-state index contributed by atoms with van der Waals surface area (Å²) >= 11 is 1.15. The van der Waals surface area contributed by atoms with Gasteiger partial charge in [0.15, 0.2) is 6.04 Å². The van der Waals surface area contributed by atoms with Gasteiger partial charge < -0.3 is 15.4 Å². The summed E-state index contributed by atoms with van der Waals surface area (Å²) in [5, 5.41) is 13.5. The van der Waals surface area contributed by atoms with Gasteiger partial charge in [-0.15, -0.1) is 11.3 Å². The van der Waals surface area contributed by atoms with E-state index in [1.807, 2.05) is 6.92 Å². The molecule has 0 fully saturated rings. The fourth-order valence-corrected chi connectivity index (χ4v) is 3.19. The maximum absolute atomic E-state index is 12.5. The van der Waals surface area contributed by atoms with Gasteiger partial charge >= 0.3 is 5.97 Å². The van der Waals surface area contributed by atoms with E-state index >= 15 is 0 Å². The second-order valence-corrected chi connectivity index (χ2v) is 6.07. The molecular weight excluding hydrogens is 330 g/mol. The molecule has 0 radical (unpaired) electrons. The van der Waals surface area contributed by atoms with Crippen molar-refractivity contribution < 1.29 is 14.7 Å².